The molecule has 33 heavy (non-hydrogen) atoms. The quantitative estimate of drug-likeness (QED) is 0.469. The molecule has 0 radical (unpaired) electrons. The molecule has 174 valence electrons. The standard InChI is InChI=1S/C27H33ClN4O/c1-17(2)18-8-12-21(13-9-18)29-26(33)24-16-22(23-14-15-32(31-23)27(3,4)5)25(30-24)19-6-10-20(28)11-7-19/h6-15,17,22,24-25,30H,16H2,1-5H3,(H,29,33)/t22-,24-,25-/m0/s1. The van der Waals surface area contributed by atoms with Gasteiger partial charge >= 0.3 is 0 Å². The van der Waals surface area contributed by atoms with Crippen molar-refractivity contribution in [2.75, 3.05) is 5.32 Å². The van der Waals surface area contributed by atoms with E-state index in [0.717, 1.165) is 16.9 Å². The van der Waals surface area contributed by atoms with E-state index in [4.69, 9.17) is 16.7 Å². The number of nitrogens with zero attached hydrogens (tertiary/aromatic N) is 2. The number of nitrogens with one attached hydrogen (secondary N) is 2. The Labute approximate surface area is 201 Å². The molecular formula is C27H33ClN4O. The van der Waals surface area contributed by atoms with Crippen LogP contribution in [0.1, 0.15) is 75.7 Å². The number of anilines is 1. The second-order valence-corrected chi connectivity index (χ2v) is 10.6. The van der Waals surface area contributed by atoms with Crippen molar-refractivity contribution in [3.05, 3.63) is 82.6 Å². The van der Waals surface area contributed by atoms with Gasteiger partial charge in [-0.2, -0.15) is 5.10 Å². The lowest BCUT2D eigenvalue weighted by atomic mass is 9.90. The summed E-state index contributed by atoms with van der Waals surface area (Å²) in [5, 5.41) is 12.2. The normalized spacial score (nSPS) is 20.9. The van der Waals surface area contributed by atoms with Crippen molar-refractivity contribution >= 4 is 23.2 Å². The molecular weight excluding hydrogens is 432 g/mol. The average Bonchev–Trinajstić information content (AvgIpc) is 3.42. The van der Waals surface area contributed by atoms with Crippen LogP contribution < -0.4 is 10.6 Å². The highest BCUT2D eigenvalue weighted by Crippen LogP contribution is 2.40. The SMILES string of the molecule is CC(C)c1ccc(NC(=O)[C@@H]2C[C@@H](c3ccn(C(C)(C)C)n3)[C@H](c3ccc(Cl)cc3)N2)cc1. The average molecular weight is 465 g/mol. The summed E-state index contributed by atoms with van der Waals surface area (Å²) in [4.78, 5) is 13.2. The molecule has 1 aromatic heterocycles. The maximum Gasteiger partial charge on any atom is 0.241 e. The Balaban J connectivity index is 1.57. The molecule has 0 spiro atoms. The van der Waals surface area contributed by atoms with Gasteiger partial charge in [0.15, 0.2) is 0 Å². The van der Waals surface area contributed by atoms with Crippen molar-refractivity contribution in [2.45, 2.75) is 70.5 Å². The Morgan fingerprint density at radius 2 is 1.76 bits per heavy atom. The molecule has 0 aliphatic carbocycles. The molecule has 3 atom stereocenters. The molecule has 0 saturated carbocycles. The van der Waals surface area contributed by atoms with E-state index in [1.165, 1.54) is 5.56 Å². The maximum atomic E-state index is 13.2. The van der Waals surface area contributed by atoms with Crippen LogP contribution in [0.3, 0.4) is 0 Å². The summed E-state index contributed by atoms with van der Waals surface area (Å²) in [6.07, 6.45) is 2.70. The smallest absolute Gasteiger partial charge is 0.241 e. The van der Waals surface area contributed by atoms with Crippen molar-refractivity contribution in [3.8, 4) is 0 Å². The fourth-order valence-electron chi connectivity index (χ4n) is 4.35. The topological polar surface area (TPSA) is 59.0 Å². The van der Waals surface area contributed by atoms with Crippen molar-refractivity contribution in [1.82, 2.24) is 15.1 Å². The van der Waals surface area contributed by atoms with Gasteiger partial charge in [-0.25, -0.2) is 0 Å². The molecule has 0 bridgehead atoms. The van der Waals surface area contributed by atoms with Gasteiger partial charge in [0.1, 0.15) is 0 Å². The summed E-state index contributed by atoms with van der Waals surface area (Å²) in [5.74, 6) is 0.512. The molecule has 2 aromatic carbocycles. The first-order chi connectivity index (χ1) is 15.6. The Morgan fingerprint density at radius 3 is 2.33 bits per heavy atom. The Hall–Kier alpha value is -2.63. The molecule has 1 fully saturated rings. The third kappa shape index (κ3) is 5.31. The molecule has 1 amide bonds. The summed E-state index contributed by atoms with van der Waals surface area (Å²) in [6.45, 7) is 10.7. The van der Waals surface area contributed by atoms with Gasteiger partial charge in [0.2, 0.25) is 5.91 Å². The number of benzene rings is 2. The minimum Gasteiger partial charge on any atom is -0.325 e. The summed E-state index contributed by atoms with van der Waals surface area (Å²) < 4.78 is 1.99. The molecule has 1 aliphatic rings. The number of carbonyl (C=O) groups is 1. The lowest BCUT2D eigenvalue weighted by Gasteiger charge is -2.21. The highest BCUT2D eigenvalue weighted by molar-refractivity contribution is 6.30. The molecule has 2 heterocycles. The van der Waals surface area contributed by atoms with Crippen LogP contribution in [0.25, 0.3) is 0 Å². The number of rotatable bonds is 5. The van der Waals surface area contributed by atoms with Gasteiger partial charge in [0, 0.05) is 28.9 Å². The fourth-order valence-corrected chi connectivity index (χ4v) is 4.48. The van der Waals surface area contributed by atoms with E-state index in [2.05, 4.69) is 63.5 Å². The zero-order valence-corrected chi connectivity index (χ0v) is 20.7. The lowest BCUT2D eigenvalue weighted by Crippen LogP contribution is -2.36. The van der Waals surface area contributed by atoms with Crippen molar-refractivity contribution < 1.29 is 4.79 Å². The fraction of sp³-hybridized carbons (Fsp3) is 0.407. The monoisotopic (exact) mass is 464 g/mol. The Bertz CT molecular complexity index is 1100. The lowest BCUT2D eigenvalue weighted by molar-refractivity contribution is -0.117. The van der Waals surface area contributed by atoms with E-state index in [1.54, 1.807) is 0 Å². The third-order valence-corrected chi connectivity index (χ3v) is 6.59. The largest absolute Gasteiger partial charge is 0.325 e. The van der Waals surface area contributed by atoms with E-state index in [9.17, 15) is 4.79 Å². The number of amides is 1. The van der Waals surface area contributed by atoms with E-state index in [0.29, 0.717) is 17.4 Å². The first-order valence-corrected chi connectivity index (χ1v) is 12.0. The van der Waals surface area contributed by atoms with E-state index in [-0.39, 0.29) is 29.4 Å². The van der Waals surface area contributed by atoms with Gasteiger partial charge < -0.3 is 5.32 Å². The number of carbonyl (C=O) groups excluding carboxylic acids is 1. The van der Waals surface area contributed by atoms with Crippen LogP contribution in [-0.4, -0.2) is 21.7 Å². The van der Waals surface area contributed by atoms with Crippen LogP contribution >= 0.6 is 11.6 Å². The van der Waals surface area contributed by atoms with E-state index >= 15 is 0 Å². The Morgan fingerprint density at radius 1 is 1.09 bits per heavy atom. The number of hydrogen-bond acceptors (Lipinski definition) is 3. The van der Waals surface area contributed by atoms with Crippen molar-refractivity contribution in [1.29, 1.82) is 0 Å². The second kappa shape index (κ2) is 9.32. The molecule has 0 unspecified atom stereocenters. The molecule has 2 N–H and O–H groups in total. The van der Waals surface area contributed by atoms with Crippen molar-refractivity contribution in [3.63, 3.8) is 0 Å². The minimum atomic E-state index is -0.319. The molecule has 1 aliphatic heterocycles. The second-order valence-electron chi connectivity index (χ2n) is 10.2. The van der Waals surface area contributed by atoms with Crippen LogP contribution in [0.2, 0.25) is 5.02 Å². The molecule has 3 aromatic rings. The van der Waals surface area contributed by atoms with Crippen LogP contribution in [-0.2, 0) is 10.3 Å². The van der Waals surface area contributed by atoms with Crippen LogP contribution in [0.5, 0.6) is 0 Å². The number of aromatic nitrogens is 2. The highest BCUT2D eigenvalue weighted by atomic mass is 35.5. The minimum absolute atomic E-state index is 0.0235. The maximum absolute atomic E-state index is 13.2. The third-order valence-electron chi connectivity index (χ3n) is 6.34. The van der Waals surface area contributed by atoms with Gasteiger partial charge in [-0.1, -0.05) is 49.7 Å². The first kappa shape index (κ1) is 23.5. The molecule has 1 saturated heterocycles. The van der Waals surface area contributed by atoms with Gasteiger partial charge in [-0.15, -0.1) is 0 Å². The molecule has 5 nitrogen and oxygen atoms in total. The van der Waals surface area contributed by atoms with Gasteiger partial charge in [-0.05, 0) is 74.6 Å². The molecule has 4 rings (SSSR count). The van der Waals surface area contributed by atoms with E-state index in [1.807, 2.05) is 47.3 Å². The van der Waals surface area contributed by atoms with Crippen LogP contribution in [0.15, 0.2) is 60.8 Å². The zero-order valence-electron chi connectivity index (χ0n) is 20.0. The summed E-state index contributed by atoms with van der Waals surface area (Å²) in [7, 11) is 0. The Kier molecular flexibility index (Phi) is 6.64. The van der Waals surface area contributed by atoms with Crippen molar-refractivity contribution in [2.24, 2.45) is 0 Å². The summed E-state index contributed by atoms with van der Waals surface area (Å²) >= 11 is 6.12. The predicted molar refractivity (Wildman–Crippen MR) is 135 cm³/mol. The van der Waals surface area contributed by atoms with Crippen LogP contribution in [0, 0.1) is 0 Å². The first-order valence-electron chi connectivity index (χ1n) is 11.6. The van der Waals surface area contributed by atoms with Gasteiger partial charge in [-0.3, -0.25) is 14.8 Å². The number of hydrogen-bond donors (Lipinski definition) is 2. The zero-order chi connectivity index (χ0) is 23.8. The molecule has 6 heteroatoms. The summed E-state index contributed by atoms with van der Waals surface area (Å²) in [6, 6.07) is 17.7. The highest BCUT2D eigenvalue weighted by Gasteiger charge is 2.40. The summed E-state index contributed by atoms with van der Waals surface area (Å²) in [5.41, 5.74) is 4.07. The van der Waals surface area contributed by atoms with Crippen LogP contribution in [0.4, 0.5) is 5.69 Å². The van der Waals surface area contributed by atoms with E-state index < -0.39 is 0 Å². The number of halogens is 1. The van der Waals surface area contributed by atoms with Gasteiger partial charge in [0.25, 0.3) is 0 Å². The predicted octanol–water partition coefficient (Wildman–Crippen LogP) is 6.24. The van der Waals surface area contributed by atoms with Gasteiger partial charge in [0.05, 0.1) is 17.3 Å².